The second kappa shape index (κ2) is 14.9. The minimum absolute atomic E-state index is 0.0618. The van der Waals surface area contributed by atoms with Gasteiger partial charge in [-0.25, -0.2) is 9.37 Å². The quantitative estimate of drug-likeness (QED) is 0.149. The van der Waals surface area contributed by atoms with Crippen molar-refractivity contribution in [2.24, 2.45) is 11.8 Å². The number of amides is 4. The molecule has 1 saturated carbocycles. The number of piperidine rings is 2. The Bertz CT molecular complexity index is 2420. The fourth-order valence-electron chi connectivity index (χ4n) is 8.74. The number of nitrogens with zero attached hydrogens (tertiary/aromatic N) is 5. The number of rotatable bonds is 11. The molecule has 4 amide bonds. The highest BCUT2D eigenvalue weighted by molar-refractivity contribution is 6.23. The number of aromatic nitrogens is 3. The van der Waals surface area contributed by atoms with Crippen molar-refractivity contribution in [1.29, 1.82) is 0 Å². The van der Waals surface area contributed by atoms with Crippen LogP contribution in [0, 0.1) is 17.7 Å². The van der Waals surface area contributed by atoms with Gasteiger partial charge in [-0.3, -0.25) is 38.9 Å². The number of fused-ring (bicyclic) bond motifs is 4. The van der Waals surface area contributed by atoms with Crippen LogP contribution >= 0.6 is 0 Å². The molecule has 3 aromatic heterocycles. The molecule has 9 rings (SSSR count). The number of likely N-dealkylation sites (tertiary alicyclic amines) is 1. The molecule has 1 aliphatic carbocycles. The molecule has 6 heterocycles. The number of nitrogens with one attached hydrogen (secondary N) is 1. The number of benzene rings is 2. The van der Waals surface area contributed by atoms with E-state index in [4.69, 9.17) is 9.47 Å². The van der Waals surface area contributed by atoms with E-state index in [-0.39, 0.29) is 36.0 Å². The SMILES string of the molecule is O=C1CCC(N2C(=O)c3ccc(OCCC4CCN(CC5CC(Oc6ncc(-c7ccc8c9cnccc9n(C(F)F)c8c7)cc6F)C5)CC4)cc3C2=O)C(=O)N1. The van der Waals surface area contributed by atoms with Gasteiger partial charge in [0, 0.05) is 47.9 Å². The normalized spacial score (nSPS) is 21.7. The van der Waals surface area contributed by atoms with Gasteiger partial charge in [0.15, 0.2) is 5.82 Å². The number of hydrogen-bond acceptors (Lipinski definition) is 9. The second-order valence-corrected chi connectivity index (χ2v) is 15.4. The fraction of sp³-hybridized carbons (Fsp3) is 0.381. The number of carbonyl (C=O) groups is 4. The third kappa shape index (κ3) is 6.98. The lowest BCUT2D eigenvalue weighted by Crippen LogP contribution is -2.54. The minimum atomic E-state index is -2.75. The number of halogens is 3. The van der Waals surface area contributed by atoms with E-state index in [9.17, 15) is 28.0 Å². The third-order valence-corrected chi connectivity index (χ3v) is 11.8. The van der Waals surface area contributed by atoms with Gasteiger partial charge in [0.2, 0.25) is 11.8 Å². The Hall–Kier alpha value is -5.83. The summed E-state index contributed by atoms with van der Waals surface area (Å²) in [6.45, 7) is 0.598. The Morgan fingerprint density at radius 1 is 0.842 bits per heavy atom. The number of ether oxygens (including phenoxy) is 2. The van der Waals surface area contributed by atoms with Crippen molar-refractivity contribution in [3.05, 3.63) is 84.1 Å². The molecule has 0 radical (unpaired) electrons. The van der Waals surface area contributed by atoms with E-state index in [1.165, 1.54) is 18.5 Å². The highest BCUT2D eigenvalue weighted by Gasteiger charge is 2.45. The van der Waals surface area contributed by atoms with Crippen LogP contribution in [0.1, 0.15) is 72.2 Å². The molecule has 0 bridgehead atoms. The highest BCUT2D eigenvalue weighted by Crippen LogP contribution is 2.37. The lowest BCUT2D eigenvalue weighted by Gasteiger charge is -2.40. The van der Waals surface area contributed by atoms with Gasteiger partial charge in [-0.15, -0.1) is 0 Å². The monoisotopic (exact) mass is 780 g/mol. The summed E-state index contributed by atoms with van der Waals surface area (Å²) in [5.41, 5.74) is 2.16. The molecule has 0 spiro atoms. The summed E-state index contributed by atoms with van der Waals surface area (Å²) in [4.78, 5) is 61.7. The Balaban J connectivity index is 0.716. The predicted octanol–water partition coefficient (Wildman–Crippen LogP) is 6.53. The van der Waals surface area contributed by atoms with E-state index in [2.05, 4.69) is 20.2 Å². The van der Waals surface area contributed by atoms with E-state index in [1.54, 1.807) is 48.7 Å². The summed E-state index contributed by atoms with van der Waals surface area (Å²) < 4.78 is 56.2. The molecule has 2 saturated heterocycles. The lowest BCUT2D eigenvalue weighted by molar-refractivity contribution is -0.136. The minimum Gasteiger partial charge on any atom is -0.494 e. The maximum Gasteiger partial charge on any atom is 0.319 e. The fourth-order valence-corrected chi connectivity index (χ4v) is 8.74. The van der Waals surface area contributed by atoms with Gasteiger partial charge >= 0.3 is 6.55 Å². The van der Waals surface area contributed by atoms with Crippen LogP contribution in [0.5, 0.6) is 11.6 Å². The first-order valence-corrected chi connectivity index (χ1v) is 19.3. The first-order chi connectivity index (χ1) is 27.6. The van der Waals surface area contributed by atoms with E-state index < -0.39 is 42.0 Å². The van der Waals surface area contributed by atoms with Crippen molar-refractivity contribution < 1.29 is 41.8 Å². The Morgan fingerprint density at radius 2 is 1.65 bits per heavy atom. The van der Waals surface area contributed by atoms with Crippen LogP contribution in [0.3, 0.4) is 0 Å². The van der Waals surface area contributed by atoms with E-state index in [1.807, 2.05) is 0 Å². The third-order valence-electron chi connectivity index (χ3n) is 11.8. The standard InChI is InChI=1S/C42H39F3N6O6/c43-33-17-26(25-1-3-29-32-21-46-11-7-34(32)50(42(44)45)36(29)18-25)20-47-39(33)57-28-15-24(16-28)22-49-12-8-23(9-13-49)10-14-56-27-2-4-30-31(19-27)41(55)51(40(30)54)35-5-6-37(52)48-38(35)53/h1-4,7,11,17-21,23-24,28,35,42H,5-6,8-10,12-16,22H2,(H,48,52,53). The van der Waals surface area contributed by atoms with Crippen molar-refractivity contribution in [3.63, 3.8) is 0 Å². The zero-order valence-electron chi connectivity index (χ0n) is 30.8. The maximum atomic E-state index is 15.2. The van der Waals surface area contributed by atoms with Crippen LogP contribution in [-0.2, 0) is 9.59 Å². The summed E-state index contributed by atoms with van der Waals surface area (Å²) in [6, 6.07) is 11.8. The van der Waals surface area contributed by atoms with Gasteiger partial charge in [0.1, 0.15) is 17.9 Å². The Labute approximate surface area is 324 Å². The van der Waals surface area contributed by atoms with Crippen molar-refractivity contribution >= 4 is 45.4 Å². The summed E-state index contributed by atoms with van der Waals surface area (Å²) in [5, 5.41) is 3.47. The van der Waals surface area contributed by atoms with Crippen LogP contribution in [0.25, 0.3) is 32.9 Å². The largest absolute Gasteiger partial charge is 0.494 e. The molecule has 294 valence electrons. The Morgan fingerprint density at radius 3 is 2.42 bits per heavy atom. The van der Waals surface area contributed by atoms with Gasteiger partial charge < -0.3 is 14.4 Å². The molecule has 4 aliphatic rings. The molecule has 57 heavy (non-hydrogen) atoms. The van der Waals surface area contributed by atoms with Gasteiger partial charge in [0.25, 0.3) is 17.7 Å². The van der Waals surface area contributed by atoms with Crippen molar-refractivity contribution in [1.82, 2.24) is 29.7 Å². The molecular formula is C42H39F3N6O6. The summed E-state index contributed by atoms with van der Waals surface area (Å²) >= 11 is 0. The zero-order chi connectivity index (χ0) is 39.4. The van der Waals surface area contributed by atoms with Crippen molar-refractivity contribution in [3.8, 4) is 22.8 Å². The molecule has 3 aliphatic heterocycles. The topological polar surface area (TPSA) is 136 Å². The van der Waals surface area contributed by atoms with Crippen LogP contribution in [-0.4, -0.2) is 86.4 Å². The molecule has 15 heteroatoms. The van der Waals surface area contributed by atoms with Crippen LogP contribution < -0.4 is 14.8 Å². The first kappa shape index (κ1) is 36.8. The highest BCUT2D eigenvalue weighted by atomic mass is 19.3. The summed E-state index contributed by atoms with van der Waals surface area (Å²) in [5.74, 6) is -1.41. The molecular weight excluding hydrogens is 741 g/mol. The predicted molar refractivity (Wildman–Crippen MR) is 201 cm³/mol. The van der Waals surface area contributed by atoms with Gasteiger partial charge in [-0.1, -0.05) is 12.1 Å². The molecule has 3 fully saturated rings. The van der Waals surface area contributed by atoms with Crippen LogP contribution in [0.4, 0.5) is 13.2 Å². The molecule has 1 N–H and O–H groups in total. The van der Waals surface area contributed by atoms with Gasteiger partial charge in [0.05, 0.1) is 28.8 Å². The smallest absolute Gasteiger partial charge is 0.319 e. The van der Waals surface area contributed by atoms with Crippen molar-refractivity contribution in [2.45, 2.75) is 63.6 Å². The second-order valence-electron chi connectivity index (χ2n) is 15.4. The Kier molecular flexibility index (Phi) is 9.63. The lowest BCUT2D eigenvalue weighted by atomic mass is 9.81. The molecule has 2 aromatic carbocycles. The number of pyridine rings is 2. The van der Waals surface area contributed by atoms with Crippen LogP contribution in [0.15, 0.2) is 67.1 Å². The zero-order valence-corrected chi connectivity index (χ0v) is 30.8. The summed E-state index contributed by atoms with van der Waals surface area (Å²) in [7, 11) is 0. The number of alkyl halides is 2. The molecule has 1 unspecified atom stereocenters. The van der Waals surface area contributed by atoms with Gasteiger partial charge in [-0.2, -0.15) is 8.78 Å². The average molecular weight is 781 g/mol. The molecule has 5 aromatic rings. The molecule has 12 nitrogen and oxygen atoms in total. The number of hydrogen-bond donors (Lipinski definition) is 1. The summed E-state index contributed by atoms with van der Waals surface area (Å²) in [6.07, 6.45) is 9.12. The van der Waals surface area contributed by atoms with Crippen LogP contribution in [0.2, 0.25) is 0 Å². The number of carbonyl (C=O) groups excluding carboxylic acids is 4. The van der Waals surface area contributed by atoms with E-state index >= 15 is 4.39 Å². The number of imide groups is 2. The first-order valence-electron chi connectivity index (χ1n) is 19.3. The molecule has 1 atom stereocenters. The van der Waals surface area contributed by atoms with E-state index in [0.717, 1.165) is 61.2 Å². The maximum absolute atomic E-state index is 15.2. The average Bonchev–Trinajstić information content (AvgIpc) is 3.65. The van der Waals surface area contributed by atoms with E-state index in [0.29, 0.717) is 57.1 Å². The van der Waals surface area contributed by atoms with Crippen molar-refractivity contribution in [2.75, 3.05) is 26.2 Å². The van der Waals surface area contributed by atoms with Gasteiger partial charge in [-0.05, 0) is 105 Å².